The summed E-state index contributed by atoms with van der Waals surface area (Å²) in [6.07, 6.45) is 0. The van der Waals surface area contributed by atoms with Crippen molar-refractivity contribution in [3.8, 4) is 16.8 Å². The van der Waals surface area contributed by atoms with Crippen LogP contribution in [-0.4, -0.2) is 9.55 Å². The smallest absolute Gasteiger partial charge is 0.268 e. The number of hydrogen-bond acceptors (Lipinski definition) is 4. The van der Waals surface area contributed by atoms with Crippen LogP contribution in [0.2, 0.25) is 10.0 Å². The molecule has 0 fully saturated rings. The molecule has 0 aliphatic heterocycles. The topological polar surface area (TPSA) is 34.9 Å². The molecule has 2 aromatic heterocycles. The maximum Gasteiger partial charge on any atom is 0.268 e. The van der Waals surface area contributed by atoms with Crippen LogP contribution in [0.1, 0.15) is 11.1 Å². The normalized spacial score (nSPS) is 11.2. The van der Waals surface area contributed by atoms with E-state index < -0.39 is 0 Å². The monoisotopic (exact) mass is 508 g/mol. The predicted octanol–water partition coefficient (Wildman–Crippen LogP) is 8.02. The first kappa shape index (κ1) is 22.2. The summed E-state index contributed by atoms with van der Waals surface area (Å²) in [7, 11) is 0. The van der Waals surface area contributed by atoms with Gasteiger partial charge in [0.1, 0.15) is 4.83 Å². The number of aromatic nitrogens is 2. The lowest BCUT2D eigenvalue weighted by atomic mass is 10.1. The summed E-state index contributed by atoms with van der Waals surface area (Å²) in [5, 5.41) is 4.34. The largest absolute Gasteiger partial charge is 0.268 e. The zero-order valence-electron chi connectivity index (χ0n) is 17.6. The highest BCUT2D eigenvalue weighted by Crippen LogP contribution is 2.34. The molecule has 33 heavy (non-hydrogen) atoms. The highest BCUT2D eigenvalue weighted by atomic mass is 35.5. The van der Waals surface area contributed by atoms with Gasteiger partial charge in [-0.1, -0.05) is 89.1 Å². The van der Waals surface area contributed by atoms with Crippen LogP contribution in [0.4, 0.5) is 0 Å². The van der Waals surface area contributed by atoms with Crippen molar-refractivity contribution in [2.75, 3.05) is 0 Å². The zero-order valence-corrected chi connectivity index (χ0v) is 20.7. The Kier molecular flexibility index (Phi) is 6.30. The molecule has 0 unspecified atom stereocenters. The Hall–Kier alpha value is -2.57. The van der Waals surface area contributed by atoms with E-state index in [1.54, 1.807) is 10.6 Å². The van der Waals surface area contributed by atoms with Gasteiger partial charge in [-0.2, -0.15) is 0 Å². The summed E-state index contributed by atoms with van der Waals surface area (Å²) >= 11 is 15.2. The summed E-state index contributed by atoms with van der Waals surface area (Å²) in [5.41, 5.74) is 4.84. The van der Waals surface area contributed by atoms with Crippen molar-refractivity contribution >= 4 is 56.5 Å². The Balaban J connectivity index is 1.64. The van der Waals surface area contributed by atoms with E-state index >= 15 is 0 Å². The number of nitrogens with zero attached hydrogens (tertiary/aromatic N) is 2. The minimum Gasteiger partial charge on any atom is -0.268 e. The minimum absolute atomic E-state index is 0.0698. The SMILES string of the molecule is Cc1ccc(-c2csc3nc(SCc4ccc(Cl)c(Cl)c4)n(-c4ccccc4)c(=O)c23)cc1. The Morgan fingerprint density at radius 3 is 2.45 bits per heavy atom. The maximum absolute atomic E-state index is 13.9. The third-order valence-corrected chi connectivity index (χ3v) is 7.93. The molecule has 5 aromatic rings. The molecule has 3 nitrogen and oxygen atoms in total. The molecule has 0 saturated carbocycles. The van der Waals surface area contributed by atoms with Gasteiger partial charge in [0.25, 0.3) is 5.56 Å². The van der Waals surface area contributed by atoms with Gasteiger partial charge in [0.2, 0.25) is 0 Å². The molecule has 0 bridgehead atoms. The van der Waals surface area contributed by atoms with Gasteiger partial charge in [-0.15, -0.1) is 11.3 Å². The molecule has 164 valence electrons. The van der Waals surface area contributed by atoms with Crippen LogP contribution in [0.25, 0.3) is 27.0 Å². The molecule has 0 spiro atoms. The van der Waals surface area contributed by atoms with Crippen molar-refractivity contribution in [1.29, 1.82) is 0 Å². The zero-order chi connectivity index (χ0) is 22.9. The average Bonchev–Trinajstić information content (AvgIpc) is 3.25. The number of hydrogen-bond donors (Lipinski definition) is 0. The van der Waals surface area contributed by atoms with Crippen LogP contribution in [0.3, 0.4) is 0 Å². The summed E-state index contributed by atoms with van der Waals surface area (Å²) in [6, 6.07) is 23.4. The lowest BCUT2D eigenvalue weighted by molar-refractivity contribution is 0.822. The Morgan fingerprint density at radius 2 is 1.73 bits per heavy atom. The van der Waals surface area contributed by atoms with Gasteiger partial charge in [-0.05, 0) is 42.3 Å². The third-order valence-electron chi connectivity index (χ3n) is 5.31. The lowest BCUT2D eigenvalue weighted by Gasteiger charge is -2.13. The molecular weight excluding hydrogens is 491 g/mol. The summed E-state index contributed by atoms with van der Waals surface area (Å²) in [5.74, 6) is 0.609. The average molecular weight is 509 g/mol. The standard InChI is InChI=1S/C26H18Cl2N2OS2/c1-16-7-10-18(11-8-16)20-15-32-24-23(20)25(31)30(19-5-3-2-4-6-19)26(29-24)33-14-17-9-12-21(27)22(28)13-17/h2-13,15H,14H2,1H3. The van der Waals surface area contributed by atoms with Crippen LogP contribution in [0.15, 0.2) is 88.1 Å². The van der Waals surface area contributed by atoms with Crippen molar-refractivity contribution < 1.29 is 0 Å². The van der Waals surface area contributed by atoms with Gasteiger partial charge in [0.15, 0.2) is 5.16 Å². The second-order valence-corrected chi connectivity index (χ2v) is 10.2. The van der Waals surface area contributed by atoms with E-state index in [2.05, 4.69) is 31.2 Å². The maximum atomic E-state index is 13.9. The van der Waals surface area contributed by atoms with Crippen molar-refractivity contribution in [2.45, 2.75) is 17.8 Å². The van der Waals surface area contributed by atoms with E-state index in [0.717, 1.165) is 27.2 Å². The highest BCUT2D eigenvalue weighted by Gasteiger charge is 2.18. The molecule has 3 aromatic carbocycles. The molecule has 5 rings (SSSR count). The van der Waals surface area contributed by atoms with Crippen LogP contribution < -0.4 is 5.56 Å². The van der Waals surface area contributed by atoms with E-state index in [4.69, 9.17) is 28.2 Å². The third kappa shape index (κ3) is 4.46. The quantitative estimate of drug-likeness (QED) is 0.178. The number of aryl methyl sites for hydroxylation is 1. The molecule has 0 amide bonds. The van der Waals surface area contributed by atoms with Crippen LogP contribution in [-0.2, 0) is 5.75 Å². The van der Waals surface area contributed by atoms with Crippen LogP contribution in [0.5, 0.6) is 0 Å². The molecular formula is C26H18Cl2N2OS2. The number of thioether (sulfide) groups is 1. The van der Waals surface area contributed by atoms with Gasteiger partial charge in [0, 0.05) is 16.7 Å². The van der Waals surface area contributed by atoms with Gasteiger partial charge < -0.3 is 0 Å². The van der Waals surface area contributed by atoms with Crippen molar-refractivity contribution in [3.05, 3.63) is 110 Å². The Labute approximate surface area is 209 Å². The van der Waals surface area contributed by atoms with E-state index in [0.29, 0.717) is 26.3 Å². The molecule has 0 radical (unpaired) electrons. The van der Waals surface area contributed by atoms with Crippen molar-refractivity contribution in [3.63, 3.8) is 0 Å². The van der Waals surface area contributed by atoms with E-state index in [9.17, 15) is 4.79 Å². The first-order valence-electron chi connectivity index (χ1n) is 10.2. The number of para-hydroxylation sites is 1. The number of halogens is 2. The molecule has 0 aliphatic carbocycles. The van der Waals surface area contributed by atoms with E-state index in [1.807, 2.05) is 47.8 Å². The van der Waals surface area contributed by atoms with Crippen molar-refractivity contribution in [1.82, 2.24) is 9.55 Å². The molecule has 0 saturated heterocycles. The number of rotatable bonds is 5. The second-order valence-electron chi connectivity index (χ2n) is 7.60. The molecule has 0 atom stereocenters. The van der Waals surface area contributed by atoms with Crippen LogP contribution >= 0.6 is 46.3 Å². The number of thiophene rings is 1. The summed E-state index contributed by atoms with van der Waals surface area (Å²) in [6.45, 7) is 2.05. The molecule has 0 N–H and O–H groups in total. The first-order valence-corrected chi connectivity index (χ1v) is 12.9. The highest BCUT2D eigenvalue weighted by molar-refractivity contribution is 7.98. The Morgan fingerprint density at radius 1 is 0.970 bits per heavy atom. The molecule has 2 heterocycles. The number of benzene rings is 3. The predicted molar refractivity (Wildman–Crippen MR) is 141 cm³/mol. The Bertz CT molecular complexity index is 1510. The van der Waals surface area contributed by atoms with Crippen LogP contribution in [0, 0.1) is 6.92 Å². The fraction of sp³-hybridized carbons (Fsp3) is 0.0769. The lowest BCUT2D eigenvalue weighted by Crippen LogP contribution is -2.21. The van der Waals surface area contributed by atoms with Crippen molar-refractivity contribution in [2.24, 2.45) is 0 Å². The summed E-state index contributed by atoms with van der Waals surface area (Å²) < 4.78 is 1.70. The molecule has 0 aliphatic rings. The second kappa shape index (κ2) is 9.35. The fourth-order valence-corrected chi connectivity index (χ4v) is 5.86. The fourth-order valence-electron chi connectivity index (χ4n) is 3.60. The van der Waals surface area contributed by atoms with E-state index in [1.165, 1.54) is 28.7 Å². The first-order chi connectivity index (χ1) is 16.0. The molecule has 7 heteroatoms. The summed E-state index contributed by atoms with van der Waals surface area (Å²) in [4.78, 5) is 19.5. The minimum atomic E-state index is -0.0698. The van der Waals surface area contributed by atoms with Gasteiger partial charge in [-0.25, -0.2) is 4.98 Å². The van der Waals surface area contributed by atoms with Gasteiger partial charge in [-0.3, -0.25) is 9.36 Å². The van der Waals surface area contributed by atoms with Gasteiger partial charge in [0.05, 0.1) is 21.1 Å². The van der Waals surface area contributed by atoms with Gasteiger partial charge >= 0.3 is 0 Å². The number of fused-ring (bicyclic) bond motifs is 1. The van der Waals surface area contributed by atoms with E-state index in [-0.39, 0.29) is 5.56 Å².